The number of carbonyl (C=O) groups is 1. The van der Waals surface area contributed by atoms with Gasteiger partial charge in [-0.15, -0.1) is 0 Å². The van der Waals surface area contributed by atoms with Gasteiger partial charge in [-0.05, 0) is 48.2 Å². The summed E-state index contributed by atoms with van der Waals surface area (Å²) in [5, 5.41) is 17.3. The van der Waals surface area contributed by atoms with Crippen LogP contribution in [0.3, 0.4) is 0 Å². The quantitative estimate of drug-likeness (QED) is 0.253. The minimum atomic E-state index is -3.73. The summed E-state index contributed by atoms with van der Waals surface area (Å²) in [7, 11) is -3.73. The monoisotopic (exact) mass is 587 g/mol. The molecule has 1 aliphatic rings. The summed E-state index contributed by atoms with van der Waals surface area (Å²) >= 11 is 0. The second-order valence-electron chi connectivity index (χ2n) is 10.3. The second kappa shape index (κ2) is 13.4. The van der Waals surface area contributed by atoms with Crippen molar-refractivity contribution in [1.29, 1.82) is 0 Å². The summed E-state index contributed by atoms with van der Waals surface area (Å²) < 4.78 is 43.5. The highest BCUT2D eigenvalue weighted by atomic mass is 32.2. The van der Waals surface area contributed by atoms with Crippen LogP contribution in [0.15, 0.2) is 114 Å². The highest BCUT2D eigenvalue weighted by Crippen LogP contribution is 2.30. The zero-order chi connectivity index (χ0) is 29.5. The van der Waals surface area contributed by atoms with E-state index < -0.39 is 39.8 Å². The van der Waals surface area contributed by atoms with E-state index >= 15 is 4.39 Å². The number of sulfonamides is 1. The van der Waals surface area contributed by atoms with Gasteiger partial charge < -0.3 is 15.7 Å². The molecule has 0 saturated carbocycles. The van der Waals surface area contributed by atoms with Crippen molar-refractivity contribution in [1.82, 2.24) is 9.62 Å². The van der Waals surface area contributed by atoms with Crippen molar-refractivity contribution in [2.75, 3.05) is 25.0 Å². The molecule has 1 amide bonds. The largest absolute Gasteiger partial charge is 0.382 e. The molecule has 0 aliphatic carbocycles. The van der Waals surface area contributed by atoms with E-state index in [0.717, 1.165) is 11.1 Å². The number of nitrogens with one attached hydrogen (secondary N) is 2. The number of halogens is 1. The van der Waals surface area contributed by atoms with E-state index in [2.05, 4.69) is 10.6 Å². The number of hydrogen-bond donors (Lipinski definition) is 3. The van der Waals surface area contributed by atoms with Crippen LogP contribution in [0.4, 0.5) is 10.1 Å². The number of benzene rings is 4. The normalized spacial score (nSPS) is 16.7. The molecule has 1 heterocycles. The molecule has 2 unspecified atom stereocenters. The van der Waals surface area contributed by atoms with E-state index in [1.165, 1.54) is 16.4 Å². The average molecular weight is 588 g/mol. The van der Waals surface area contributed by atoms with E-state index in [0.29, 0.717) is 26.1 Å². The Hall–Kier alpha value is -3.89. The van der Waals surface area contributed by atoms with Gasteiger partial charge in [0.1, 0.15) is 11.9 Å². The molecule has 0 radical (unpaired) electrons. The van der Waals surface area contributed by atoms with Crippen LogP contribution in [-0.2, 0) is 21.2 Å². The van der Waals surface area contributed by atoms with Gasteiger partial charge in [-0.3, -0.25) is 4.79 Å². The fourth-order valence-corrected chi connectivity index (χ4v) is 7.19. The first-order valence-corrected chi connectivity index (χ1v) is 15.4. The maximum absolute atomic E-state index is 15.2. The Morgan fingerprint density at radius 1 is 0.905 bits per heavy atom. The first-order chi connectivity index (χ1) is 20.4. The molecule has 1 aliphatic heterocycles. The topological polar surface area (TPSA) is 98.7 Å². The van der Waals surface area contributed by atoms with Crippen LogP contribution >= 0.6 is 0 Å². The van der Waals surface area contributed by atoms with Crippen molar-refractivity contribution in [3.05, 3.63) is 132 Å². The van der Waals surface area contributed by atoms with E-state index in [-0.39, 0.29) is 22.6 Å². The minimum Gasteiger partial charge on any atom is -0.382 e. The lowest BCUT2D eigenvalue weighted by molar-refractivity contribution is -0.124. The highest BCUT2D eigenvalue weighted by molar-refractivity contribution is 7.89. The van der Waals surface area contributed by atoms with Crippen molar-refractivity contribution >= 4 is 21.6 Å². The van der Waals surface area contributed by atoms with Crippen LogP contribution in [0.5, 0.6) is 0 Å². The number of hydrogen-bond acceptors (Lipinski definition) is 5. The Balaban J connectivity index is 1.35. The van der Waals surface area contributed by atoms with Crippen LogP contribution in [0.25, 0.3) is 0 Å². The molecular weight excluding hydrogens is 553 g/mol. The highest BCUT2D eigenvalue weighted by Gasteiger charge is 2.34. The molecule has 9 heteroatoms. The lowest BCUT2D eigenvalue weighted by atomic mass is 9.86. The van der Waals surface area contributed by atoms with Gasteiger partial charge in [0.05, 0.1) is 4.90 Å². The molecule has 4 aromatic carbocycles. The number of rotatable bonds is 10. The van der Waals surface area contributed by atoms with Gasteiger partial charge in [0, 0.05) is 42.8 Å². The lowest BCUT2D eigenvalue weighted by Crippen LogP contribution is -2.53. The van der Waals surface area contributed by atoms with E-state index in [9.17, 15) is 18.3 Å². The standard InChI is InChI=1S/C33H34FN3O4S/c34-29-17-10-18-30(36-33(39)32(38)31(24-11-4-1-5-12-24)25-13-6-2-7-14-25)28(29)20-19-26-23-35-21-22-37(26)42(40,41)27-15-8-3-9-16-27/h1-18,26,31-32,35,38H,19-23H2,(H,36,39). The summed E-state index contributed by atoms with van der Waals surface area (Å²) in [5.74, 6) is -1.80. The van der Waals surface area contributed by atoms with Crippen LogP contribution in [0.2, 0.25) is 0 Å². The predicted octanol–water partition coefficient (Wildman–Crippen LogP) is 4.55. The zero-order valence-electron chi connectivity index (χ0n) is 23.1. The molecular formula is C33H34FN3O4S. The van der Waals surface area contributed by atoms with Crippen molar-refractivity contribution in [2.24, 2.45) is 0 Å². The van der Waals surface area contributed by atoms with Crippen molar-refractivity contribution in [3.8, 4) is 0 Å². The maximum atomic E-state index is 15.2. The maximum Gasteiger partial charge on any atom is 0.254 e. The lowest BCUT2D eigenvalue weighted by Gasteiger charge is -2.35. The Kier molecular flexibility index (Phi) is 9.44. The molecule has 42 heavy (non-hydrogen) atoms. The summed E-state index contributed by atoms with van der Waals surface area (Å²) in [6.45, 7) is 1.25. The Morgan fingerprint density at radius 2 is 1.50 bits per heavy atom. The molecule has 1 saturated heterocycles. The first-order valence-electron chi connectivity index (χ1n) is 14.0. The summed E-state index contributed by atoms with van der Waals surface area (Å²) in [4.78, 5) is 13.6. The second-order valence-corrected chi connectivity index (χ2v) is 12.2. The molecule has 5 rings (SSSR count). The van der Waals surface area contributed by atoms with Crippen LogP contribution in [0.1, 0.15) is 29.0 Å². The third-order valence-corrected chi connectivity index (χ3v) is 9.62. The van der Waals surface area contributed by atoms with E-state index in [1.807, 2.05) is 60.7 Å². The van der Waals surface area contributed by atoms with Crippen LogP contribution in [-0.4, -0.2) is 55.5 Å². The molecule has 7 nitrogen and oxygen atoms in total. The third-order valence-electron chi connectivity index (χ3n) is 7.65. The summed E-state index contributed by atoms with van der Waals surface area (Å²) in [5.41, 5.74) is 2.06. The number of anilines is 1. The SMILES string of the molecule is O=C(Nc1cccc(F)c1CCC1CNCCN1S(=O)(=O)c1ccccc1)C(O)C(c1ccccc1)c1ccccc1. The molecule has 1 fully saturated rings. The smallest absolute Gasteiger partial charge is 0.254 e. The van der Waals surface area contributed by atoms with Gasteiger partial charge in [-0.25, -0.2) is 12.8 Å². The van der Waals surface area contributed by atoms with Gasteiger partial charge in [-0.2, -0.15) is 4.31 Å². The van der Waals surface area contributed by atoms with Gasteiger partial charge in [0.2, 0.25) is 10.0 Å². The zero-order valence-corrected chi connectivity index (χ0v) is 23.9. The Labute approximate surface area is 246 Å². The number of amides is 1. The molecule has 0 aromatic heterocycles. The number of nitrogens with zero attached hydrogens (tertiary/aromatic N) is 1. The molecule has 2 atom stereocenters. The molecule has 0 spiro atoms. The number of piperazine rings is 1. The third kappa shape index (κ3) is 6.60. The van der Waals surface area contributed by atoms with Crippen LogP contribution < -0.4 is 10.6 Å². The first kappa shape index (κ1) is 29.6. The molecule has 0 bridgehead atoms. The molecule has 218 valence electrons. The molecule has 3 N–H and O–H groups in total. The van der Waals surface area contributed by atoms with Gasteiger partial charge in [0.25, 0.3) is 5.91 Å². The fourth-order valence-electron chi connectivity index (χ4n) is 5.51. The summed E-state index contributed by atoms with van der Waals surface area (Å²) in [6.07, 6.45) is -0.922. The average Bonchev–Trinajstić information content (AvgIpc) is 3.02. The number of carbonyl (C=O) groups excluding carboxylic acids is 1. The van der Waals surface area contributed by atoms with E-state index in [4.69, 9.17) is 0 Å². The van der Waals surface area contributed by atoms with Gasteiger partial charge in [-0.1, -0.05) is 84.9 Å². The number of aliphatic hydroxyl groups is 1. The summed E-state index contributed by atoms with van der Waals surface area (Å²) in [6, 6.07) is 30.8. The van der Waals surface area contributed by atoms with Crippen molar-refractivity contribution in [2.45, 2.75) is 35.8 Å². The number of aliphatic hydroxyl groups excluding tert-OH is 1. The van der Waals surface area contributed by atoms with Gasteiger partial charge in [0.15, 0.2) is 0 Å². The van der Waals surface area contributed by atoms with E-state index in [1.54, 1.807) is 36.4 Å². The predicted molar refractivity (Wildman–Crippen MR) is 161 cm³/mol. The van der Waals surface area contributed by atoms with Crippen molar-refractivity contribution < 1.29 is 22.7 Å². The Morgan fingerprint density at radius 3 is 2.12 bits per heavy atom. The van der Waals surface area contributed by atoms with Crippen LogP contribution in [0, 0.1) is 5.82 Å². The fraction of sp³-hybridized carbons (Fsp3) is 0.242. The molecule has 4 aromatic rings. The Bertz CT molecular complexity index is 1550. The van der Waals surface area contributed by atoms with Crippen molar-refractivity contribution in [3.63, 3.8) is 0 Å². The van der Waals surface area contributed by atoms with Gasteiger partial charge >= 0.3 is 0 Å². The minimum absolute atomic E-state index is 0.187.